The Morgan fingerprint density at radius 1 is 1.05 bits per heavy atom. The Morgan fingerprint density at radius 3 is 2.59 bits per heavy atom. The summed E-state index contributed by atoms with van der Waals surface area (Å²) in [6, 6.07) is 15.1. The Bertz CT molecular complexity index is 547. The summed E-state index contributed by atoms with van der Waals surface area (Å²) in [5.74, 6) is 0.931. The van der Waals surface area contributed by atoms with Crippen molar-refractivity contribution < 1.29 is 4.74 Å². The lowest BCUT2D eigenvalue weighted by molar-refractivity contribution is 0.320. The number of nitrogens with one attached hydrogen (secondary N) is 1. The molecule has 0 atom stereocenters. The van der Waals surface area contributed by atoms with Crippen molar-refractivity contribution in [2.75, 3.05) is 6.61 Å². The van der Waals surface area contributed by atoms with E-state index in [1.54, 1.807) is 0 Å². The van der Waals surface area contributed by atoms with Crippen molar-refractivity contribution in [1.82, 2.24) is 10.3 Å². The monoisotopic (exact) mass is 296 g/mol. The minimum atomic E-state index is 0.663. The smallest absolute Gasteiger partial charge is 0.119 e. The van der Waals surface area contributed by atoms with Gasteiger partial charge in [-0.05, 0) is 42.7 Å². The number of hydrogen-bond donors (Lipinski definition) is 1. The van der Waals surface area contributed by atoms with Crippen LogP contribution in [0.3, 0.4) is 0 Å². The van der Waals surface area contributed by atoms with Gasteiger partial charge in [-0.1, -0.05) is 31.0 Å². The number of aromatic nitrogens is 1. The van der Waals surface area contributed by atoms with E-state index in [1.807, 2.05) is 24.4 Å². The third-order valence-electron chi connectivity index (χ3n) is 4.23. The first kappa shape index (κ1) is 15.0. The number of benzene rings is 1. The maximum absolute atomic E-state index is 5.78. The van der Waals surface area contributed by atoms with Crippen LogP contribution >= 0.6 is 0 Å². The highest BCUT2D eigenvalue weighted by Crippen LogP contribution is 2.18. The van der Waals surface area contributed by atoms with Crippen LogP contribution in [-0.4, -0.2) is 17.6 Å². The largest absolute Gasteiger partial charge is 0.493 e. The fraction of sp³-hybridized carbons (Fsp3) is 0.421. The highest BCUT2D eigenvalue weighted by Gasteiger charge is 2.13. The molecule has 3 nitrogen and oxygen atoms in total. The van der Waals surface area contributed by atoms with Crippen molar-refractivity contribution in [2.24, 2.45) is 0 Å². The van der Waals surface area contributed by atoms with E-state index in [2.05, 4.69) is 34.6 Å². The highest BCUT2D eigenvalue weighted by molar-refractivity contribution is 5.27. The fourth-order valence-electron chi connectivity index (χ4n) is 2.92. The summed E-state index contributed by atoms with van der Waals surface area (Å²) >= 11 is 0. The predicted molar refractivity (Wildman–Crippen MR) is 89.0 cm³/mol. The number of hydrogen-bond acceptors (Lipinski definition) is 3. The molecule has 1 fully saturated rings. The summed E-state index contributed by atoms with van der Waals surface area (Å²) in [6.45, 7) is 1.62. The molecule has 0 aliphatic heterocycles. The average Bonchev–Trinajstić information content (AvgIpc) is 3.09. The van der Waals surface area contributed by atoms with E-state index >= 15 is 0 Å². The van der Waals surface area contributed by atoms with Crippen LogP contribution in [0.4, 0.5) is 0 Å². The lowest BCUT2D eigenvalue weighted by Gasteiger charge is -2.12. The quantitative estimate of drug-likeness (QED) is 0.845. The van der Waals surface area contributed by atoms with Crippen molar-refractivity contribution in [3.63, 3.8) is 0 Å². The zero-order chi connectivity index (χ0) is 15.0. The van der Waals surface area contributed by atoms with Crippen molar-refractivity contribution in [3.8, 4) is 5.75 Å². The normalized spacial score (nSPS) is 15.1. The first-order chi connectivity index (χ1) is 10.9. The first-order valence-corrected chi connectivity index (χ1v) is 8.25. The van der Waals surface area contributed by atoms with Crippen LogP contribution in [0.15, 0.2) is 48.7 Å². The molecule has 116 valence electrons. The van der Waals surface area contributed by atoms with Gasteiger partial charge < -0.3 is 10.1 Å². The lowest BCUT2D eigenvalue weighted by Crippen LogP contribution is -2.25. The molecule has 1 N–H and O–H groups in total. The molecule has 0 radical (unpaired) electrons. The standard InChI is InChI=1S/C19H24N2O/c1-2-6-17(5-1)21-15-16-8-10-19(11-9-16)22-14-12-18-7-3-4-13-20-18/h3-4,7-11,13,17,21H,1-2,5-6,12,14-15H2. The maximum Gasteiger partial charge on any atom is 0.119 e. The van der Waals surface area contributed by atoms with Gasteiger partial charge in [0.15, 0.2) is 0 Å². The second-order valence-corrected chi connectivity index (χ2v) is 5.93. The zero-order valence-electron chi connectivity index (χ0n) is 13.0. The topological polar surface area (TPSA) is 34.1 Å². The molecule has 0 unspecified atom stereocenters. The molecule has 22 heavy (non-hydrogen) atoms. The predicted octanol–water partition coefficient (Wildman–Crippen LogP) is 3.74. The van der Waals surface area contributed by atoms with E-state index in [-0.39, 0.29) is 0 Å². The van der Waals surface area contributed by atoms with Gasteiger partial charge in [0, 0.05) is 30.9 Å². The summed E-state index contributed by atoms with van der Waals surface area (Å²) in [4.78, 5) is 4.30. The van der Waals surface area contributed by atoms with E-state index in [0.717, 1.165) is 24.4 Å². The lowest BCUT2D eigenvalue weighted by atomic mass is 10.2. The molecule has 1 heterocycles. The van der Waals surface area contributed by atoms with Gasteiger partial charge in [0.25, 0.3) is 0 Å². The van der Waals surface area contributed by atoms with Crippen LogP contribution in [-0.2, 0) is 13.0 Å². The fourth-order valence-corrected chi connectivity index (χ4v) is 2.92. The molecule has 3 rings (SSSR count). The first-order valence-electron chi connectivity index (χ1n) is 8.25. The van der Waals surface area contributed by atoms with Gasteiger partial charge in [-0.25, -0.2) is 0 Å². The minimum absolute atomic E-state index is 0.663. The Hall–Kier alpha value is -1.87. The summed E-state index contributed by atoms with van der Waals surface area (Å²) in [6.07, 6.45) is 8.07. The van der Waals surface area contributed by atoms with Crippen molar-refractivity contribution in [1.29, 1.82) is 0 Å². The van der Waals surface area contributed by atoms with Crippen LogP contribution in [0.25, 0.3) is 0 Å². The number of nitrogens with zero attached hydrogens (tertiary/aromatic N) is 1. The van der Waals surface area contributed by atoms with E-state index in [9.17, 15) is 0 Å². The van der Waals surface area contributed by atoms with Gasteiger partial charge in [0.2, 0.25) is 0 Å². The number of pyridine rings is 1. The molecule has 3 heteroatoms. The molecule has 0 spiro atoms. The third-order valence-corrected chi connectivity index (χ3v) is 4.23. The Balaban J connectivity index is 1.41. The molecule has 1 saturated carbocycles. The summed E-state index contributed by atoms with van der Waals surface area (Å²) < 4.78 is 5.78. The van der Waals surface area contributed by atoms with Crippen LogP contribution in [0.2, 0.25) is 0 Å². The van der Waals surface area contributed by atoms with Crippen LogP contribution in [0, 0.1) is 0 Å². The zero-order valence-corrected chi connectivity index (χ0v) is 13.0. The molecule has 1 aromatic heterocycles. The van der Waals surface area contributed by atoms with Crippen LogP contribution in [0.1, 0.15) is 36.9 Å². The van der Waals surface area contributed by atoms with Gasteiger partial charge in [-0.2, -0.15) is 0 Å². The summed E-state index contributed by atoms with van der Waals surface area (Å²) in [5, 5.41) is 3.63. The second-order valence-electron chi connectivity index (χ2n) is 5.93. The molecular formula is C19H24N2O. The molecule has 0 saturated heterocycles. The molecule has 2 aromatic rings. The summed E-state index contributed by atoms with van der Waals surface area (Å²) in [5.41, 5.74) is 2.39. The van der Waals surface area contributed by atoms with E-state index in [1.165, 1.54) is 31.2 Å². The SMILES string of the molecule is c1ccc(CCOc2ccc(CNC3CCCC3)cc2)nc1. The number of rotatable bonds is 7. The molecule has 1 aliphatic rings. The molecular weight excluding hydrogens is 272 g/mol. The van der Waals surface area contributed by atoms with Crippen molar-refractivity contribution in [2.45, 2.75) is 44.7 Å². The Labute approximate surface area is 132 Å². The van der Waals surface area contributed by atoms with Crippen LogP contribution in [0.5, 0.6) is 5.75 Å². The van der Waals surface area contributed by atoms with Crippen molar-refractivity contribution in [3.05, 3.63) is 59.9 Å². The molecule has 1 aliphatic carbocycles. The Kier molecular flexibility index (Phi) is 5.43. The van der Waals surface area contributed by atoms with Crippen molar-refractivity contribution >= 4 is 0 Å². The average molecular weight is 296 g/mol. The third kappa shape index (κ3) is 4.57. The van der Waals surface area contributed by atoms with Gasteiger partial charge in [-0.3, -0.25) is 4.98 Å². The van der Waals surface area contributed by atoms with E-state index in [0.29, 0.717) is 12.6 Å². The van der Waals surface area contributed by atoms with Gasteiger partial charge >= 0.3 is 0 Å². The highest BCUT2D eigenvalue weighted by atomic mass is 16.5. The van der Waals surface area contributed by atoms with Crippen LogP contribution < -0.4 is 10.1 Å². The molecule has 0 bridgehead atoms. The minimum Gasteiger partial charge on any atom is -0.493 e. The second kappa shape index (κ2) is 7.95. The van der Waals surface area contributed by atoms with E-state index in [4.69, 9.17) is 4.74 Å². The maximum atomic E-state index is 5.78. The van der Waals surface area contributed by atoms with Gasteiger partial charge in [0.1, 0.15) is 5.75 Å². The van der Waals surface area contributed by atoms with Gasteiger partial charge in [0.05, 0.1) is 6.61 Å². The molecule has 1 aromatic carbocycles. The van der Waals surface area contributed by atoms with Gasteiger partial charge in [-0.15, -0.1) is 0 Å². The Morgan fingerprint density at radius 2 is 1.86 bits per heavy atom. The van der Waals surface area contributed by atoms with E-state index < -0.39 is 0 Å². The molecule has 0 amide bonds. The number of ether oxygens (including phenoxy) is 1. The summed E-state index contributed by atoms with van der Waals surface area (Å²) in [7, 11) is 0.